The number of rotatable bonds is 0. The average molecular weight is 110 g/mol. The maximum absolute atomic E-state index is 10.7. The molecule has 0 aromatic heterocycles. The van der Waals surface area contributed by atoms with Crippen LogP contribution in [0, 0.1) is 12.0 Å². The Kier molecular flexibility index (Phi) is 1.25. The van der Waals surface area contributed by atoms with Crippen molar-refractivity contribution in [3.05, 3.63) is 0 Å². The SMILES string of the molecule is C#C[Si](F)(F)F. The molecule has 0 bridgehead atoms. The van der Waals surface area contributed by atoms with Crippen LogP contribution in [0.15, 0.2) is 0 Å². The van der Waals surface area contributed by atoms with E-state index in [0.717, 1.165) is 5.54 Å². The molecule has 0 amide bonds. The van der Waals surface area contributed by atoms with E-state index in [1.807, 2.05) is 0 Å². The van der Waals surface area contributed by atoms with Crippen LogP contribution in [0.25, 0.3) is 0 Å². The summed E-state index contributed by atoms with van der Waals surface area (Å²) in [6.45, 7) is 0. The second-order valence-electron chi connectivity index (χ2n) is 0.642. The lowest BCUT2D eigenvalue weighted by molar-refractivity contribution is 0.504. The van der Waals surface area contributed by atoms with E-state index in [-0.39, 0.29) is 0 Å². The minimum Gasteiger partial charge on any atom is -0.228 e. The molecule has 34 valence electrons. The van der Waals surface area contributed by atoms with Gasteiger partial charge in [0, 0.05) is 0 Å². The molecule has 0 aromatic rings. The second kappa shape index (κ2) is 1.35. The molecule has 0 fully saturated rings. The molecule has 0 atom stereocenters. The molecule has 0 N–H and O–H groups in total. The second-order valence-corrected chi connectivity index (χ2v) is 1.93. The van der Waals surface area contributed by atoms with E-state index in [4.69, 9.17) is 0 Å². The highest BCUT2D eigenvalue weighted by Crippen LogP contribution is 2.03. The van der Waals surface area contributed by atoms with Crippen LogP contribution in [-0.4, -0.2) is 9.08 Å². The lowest BCUT2D eigenvalue weighted by Crippen LogP contribution is -2.09. The quantitative estimate of drug-likeness (QED) is 0.248. The standard InChI is InChI=1S/C2HF3Si/c1-2-6(3,4)5/h1H. The topological polar surface area (TPSA) is 0 Å². The van der Waals surface area contributed by atoms with Gasteiger partial charge in [0.2, 0.25) is 0 Å². The van der Waals surface area contributed by atoms with Crippen LogP contribution in [0.1, 0.15) is 0 Å². The van der Waals surface area contributed by atoms with Crippen LogP contribution in [0.3, 0.4) is 0 Å². The zero-order valence-electron chi connectivity index (χ0n) is 2.71. The maximum Gasteiger partial charge on any atom is 0.708 e. The maximum atomic E-state index is 10.7. The summed E-state index contributed by atoms with van der Waals surface area (Å²) in [6.07, 6.45) is 3.99. The van der Waals surface area contributed by atoms with Crippen molar-refractivity contribution in [2.24, 2.45) is 0 Å². The van der Waals surface area contributed by atoms with Gasteiger partial charge >= 0.3 is 9.08 Å². The molecule has 0 unspecified atom stereocenters. The fourth-order valence-electron chi connectivity index (χ4n) is 0. The van der Waals surface area contributed by atoms with Crippen molar-refractivity contribution in [1.82, 2.24) is 0 Å². The molecule has 0 heterocycles. The molecule has 0 rings (SSSR count). The fourth-order valence-corrected chi connectivity index (χ4v) is 0. The molecular weight excluding hydrogens is 109 g/mol. The first-order chi connectivity index (χ1) is 2.56. The fraction of sp³-hybridized carbons (Fsp3) is 0. The number of hydrogen-bond acceptors (Lipinski definition) is 0. The Bertz CT molecular complexity index is 75.8. The summed E-state index contributed by atoms with van der Waals surface area (Å²) < 4.78 is 32.1. The van der Waals surface area contributed by atoms with E-state index < -0.39 is 9.08 Å². The first kappa shape index (κ1) is 5.57. The van der Waals surface area contributed by atoms with Gasteiger partial charge in [0.05, 0.1) is 0 Å². The number of terminal acetylenes is 1. The monoisotopic (exact) mass is 110 g/mol. The van der Waals surface area contributed by atoms with Gasteiger partial charge in [-0.1, -0.05) is 0 Å². The summed E-state index contributed by atoms with van der Waals surface area (Å²) in [5.74, 6) is 0. The van der Waals surface area contributed by atoms with Gasteiger partial charge in [0.25, 0.3) is 0 Å². The van der Waals surface area contributed by atoms with Crippen molar-refractivity contribution < 1.29 is 12.3 Å². The van der Waals surface area contributed by atoms with E-state index in [9.17, 15) is 12.3 Å². The number of hydrogen-bond donors (Lipinski definition) is 0. The van der Waals surface area contributed by atoms with Gasteiger partial charge in [-0.05, 0) is 5.54 Å². The zero-order chi connectivity index (χ0) is 5.21. The van der Waals surface area contributed by atoms with Crippen molar-refractivity contribution in [3.8, 4) is 12.0 Å². The molecule has 0 radical (unpaired) electrons. The highest BCUT2D eigenvalue weighted by atomic mass is 28.5. The first-order valence-corrected chi connectivity index (χ1v) is 2.74. The molecule has 0 spiro atoms. The van der Waals surface area contributed by atoms with Crippen LogP contribution >= 0.6 is 0 Å². The van der Waals surface area contributed by atoms with Crippen LogP contribution in [0.4, 0.5) is 12.3 Å². The molecule has 0 saturated carbocycles. The normalized spacial score (nSPS) is 10.3. The van der Waals surface area contributed by atoms with Crippen LogP contribution in [-0.2, 0) is 0 Å². The number of halogens is 3. The Balaban J connectivity index is 3.55. The van der Waals surface area contributed by atoms with Gasteiger partial charge in [0.15, 0.2) is 0 Å². The molecule has 0 aliphatic rings. The van der Waals surface area contributed by atoms with Crippen LogP contribution in [0.5, 0.6) is 0 Å². The van der Waals surface area contributed by atoms with Crippen molar-refractivity contribution in [1.29, 1.82) is 0 Å². The van der Waals surface area contributed by atoms with Crippen LogP contribution < -0.4 is 0 Å². The lowest BCUT2D eigenvalue weighted by Gasteiger charge is -1.81. The van der Waals surface area contributed by atoms with Gasteiger partial charge in [-0.2, -0.15) is 0 Å². The third-order valence-corrected chi connectivity index (χ3v) is 0.491. The Labute approximate surface area is 34.5 Å². The Morgan fingerprint density at radius 1 is 1.33 bits per heavy atom. The largest absolute Gasteiger partial charge is 0.708 e. The van der Waals surface area contributed by atoms with Crippen molar-refractivity contribution >= 4 is 9.08 Å². The summed E-state index contributed by atoms with van der Waals surface area (Å²) in [6, 6.07) is 0. The van der Waals surface area contributed by atoms with E-state index >= 15 is 0 Å². The predicted octanol–water partition coefficient (Wildman–Crippen LogP) is 1.01. The first-order valence-electron chi connectivity index (χ1n) is 1.11. The van der Waals surface area contributed by atoms with Crippen molar-refractivity contribution in [3.63, 3.8) is 0 Å². The Hall–Kier alpha value is -0.433. The third kappa shape index (κ3) is 3.57. The molecule has 0 nitrogen and oxygen atoms in total. The highest BCUT2D eigenvalue weighted by Gasteiger charge is 2.33. The summed E-state index contributed by atoms with van der Waals surface area (Å²) in [5, 5.41) is 0. The molecule has 6 heavy (non-hydrogen) atoms. The Morgan fingerprint density at radius 3 is 1.50 bits per heavy atom. The van der Waals surface area contributed by atoms with Gasteiger partial charge in [-0.3, -0.25) is 0 Å². The minimum atomic E-state index is -5.60. The van der Waals surface area contributed by atoms with Crippen molar-refractivity contribution in [2.75, 3.05) is 0 Å². The van der Waals surface area contributed by atoms with E-state index in [1.54, 1.807) is 0 Å². The molecule has 0 saturated heterocycles. The van der Waals surface area contributed by atoms with E-state index in [0.29, 0.717) is 0 Å². The molecule has 0 aliphatic heterocycles. The van der Waals surface area contributed by atoms with Gasteiger partial charge in [0.1, 0.15) is 0 Å². The minimum absolute atomic E-state index is 0.743. The molecule has 0 aliphatic carbocycles. The molecule has 0 aromatic carbocycles. The van der Waals surface area contributed by atoms with E-state index in [2.05, 4.69) is 6.42 Å². The lowest BCUT2D eigenvalue weighted by atomic mass is 11.4. The predicted molar refractivity (Wildman–Crippen MR) is 17.9 cm³/mol. The third-order valence-electron chi connectivity index (χ3n) is 0.164. The van der Waals surface area contributed by atoms with Gasteiger partial charge < -0.3 is 0 Å². The van der Waals surface area contributed by atoms with E-state index in [1.165, 1.54) is 0 Å². The smallest absolute Gasteiger partial charge is 0.228 e. The molecular formula is C2HF3Si. The zero-order valence-corrected chi connectivity index (χ0v) is 3.71. The average Bonchev–Trinajstić information content (AvgIpc) is 1.35. The molecule has 4 heteroatoms. The summed E-state index contributed by atoms with van der Waals surface area (Å²) in [4.78, 5) is 0. The summed E-state index contributed by atoms with van der Waals surface area (Å²) in [7, 11) is -5.60. The summed E-state index contributed by atoms with van der Waals surface area (Å²) >= 11 is 0. The van der Waals surface area contributed by atoms with Crippen molar-refractivity contribution in [2.45, 2.75) is 0 Å². The van der Waals surface area contributed by atoms with Crippen LogP contribution in [0.2, 0.25) is 0 Å². The Morgan fingerprint density at radius 2 is 1.50 bits per heavy atom. The van der Waals surface area contributed by atoms with Gasteiger partial charge in [-0.15, -0.1) is 6.42 Å². The highest BCUT2D eigenvalue weighted by molar-refractivity contribution is 6.67. The summed E-state index contributed by atoms with van der Waals surface area (Å²) in [5.41, 5.74) is 0.743. The van der Waals surface area contributed by atoms with Gasteiger partial charge in [-0.25, -0.2) is 12.3 Å².